The fourth-order valence-corrected chi connectivity index (χ4v) is 2.94. The number of H-pyrrole nitrogens is 1. The van der Waals surface area contributed by atoms with Crippen molar-refractivity contribution in [1.29, 1.82) is 0 Å². The van der Waals surface area contributed by atoms with E-state index in [0.29, 0.717) is 5.82 Å². The molecule has 1 unspecified atom stereocenters. The SMILES string of the molecule is CC1(C)CCCCC1c1nc(S(N)(=O)=O)n[nH]1. The molecule has 1 aromatic rings. The summed E-state index contributed by atoms with van der Waals surface area (Å²) < 4.78 is 22.2. The summed E-state index contributed by atoms with van der Waals surface area (Å²) in [5, 5.41) is 11.1. The number of primary sulfonamides is 1. The average molecular weight is 258 g/mol. The van der Waals surface area contributed by atoms with Gasteiger partial charge in [0.15, 0.2) is 0 Å². The van der Waals surface area contributed by atoms with Gasteiger partial charge in [-0.05, 0) is 18.3 Å². The van der Waals surface area contributed by atoms with Crippen LogP contribution in [0.1, 0.15) is 51.3 Å². The number of rotatable bonds is 2. The maximum absolute atomic E-state index is 11.1. The summed E-state index contributed by atoms with van der Waals surface area (Å²) in [5.74, 6) is 0.859. The third kappa shape index (κ3) is 2.50. The van der Waals surface area contributed by atoms with Gasteiger partial charge < -0.3 is 0 Å². The Labute approximate surface area is 101 Å². The van der Waals surface area contributed by atoms with E-state index in [1.807, 2.05) is 0 Å². The van der Waals surface area contributed by atoms with Crippen molar-refractivity contribution >= 4 is 10.0 Å². The standard InChI is InChI=1S/C10H18N4O2S/c1-10(2)6-4-3-5-7(10)8-12-9(14-13-8)17(11,15)16/h7H,3-6H2,1-2H3,(H2,11,15,16)(H,12,13,14). The van der Waals surface area contributed by atoms with Crippen molar-refractivity contribution in [2.45, 2.75) is 50.6 Å². The first kappa shape index (κ1) is 12.5. The predicted molar refractivity (Wildman–Crippen MR) is 62.7 cm³/mol. The molecule has 0 aromatic carbocycles. The number of hydrogen-bond acceptors (Lipinski definition) is 4. The number of aromatic nitrogens is 3. The van der Waals surface area contributed by atoms with Crippen LogP contribution in [0.2, 0.25) is 0 Å². The van der Waals surface area contributed by atoms with Crippen LogP contribution >= 0.6 is 0 Å². The molecule has 0 aliphatic heterocycles. The van der Waals surface area contributed by atoms with Crippen molar-refractivity contribution in [3.05, 3.63) is 5.82 Å². The van der Waals surface area contributed by atoms with Crippen molar-refractivity contribution in [2.24, 2.45) is 10.6 Å². The highest BCUT2D eigenvalue weighted by molar-refractivity contribution is 7.89. The minimum atomic E-state index is -3.81. The molecule has 7 heteroatoms. The Morgan fingerprint density at radius 1 is 1.41 bits per heavy atom. The van der Waals surface area contributed by atoms with Crippen molar-refractivity contribution in [3.63, 3.8) is 0 Å². The molecule has 1 aliphatic rings. The van der Waals surface area contributed by atoms with E-state index < -0.39 is 10.0 Å². The molecular weight excluding hydrogens is 240 g/mol. The second kappa shape index (κ2) is 4.06. The van der Waals surface area contributed by atoms with Gasteiger partial charge in [-0.15, -0.1) is 5.10 Å². The molecular formula is C10H18N4O2S. The van der Waals surface area contributed by atoms with E-state index >= 15 is 0 Å². The highest BCUT2D eigenvalue weighted by Gasteiger charge is 2.36. The fourth-order valence-electron chi connectivity index (χ4n) is 2.54. The highest BCUT2D eigenvalue weighted by Crippen LogP contribution is 2.45. The summed E-state index contributed by atoms with van der Waals surface area (Å²) in [6.07, 6.45) is 4.47. The Balaban J connectivity index is 2.31. The molecule has 17 heavy (non-hydrogen) atoms. The van der Waals surface area contributed by atoms with Crippen LogP contribution in [0, 0.1) is 5.41 Å². The monoisotopic (exact) mass is 258 g/mol. The molecule has 1 aliphatic carbocycles. The van der Waals surface area contributed by atoms with Gasteiger partial charge in [0.05, 0.1) is 0 Å². The van der Waals surface area contributed by atoms with Crippen LogP contribution in [0.15, 0.2) is 5.16 Å². The topological polar surface area (TPSA) is 102 Å². The van der Waals surface area contributed by atoms with Crippen LogP contribution in [-0.2, 0) is 10.0 Å². The minimum Gasteiger partial charge on any atom is -0.262 e. The van der Waals surface area contributed by atoms with E-state index in [0.717, 1.165) is 19.3 Å². The molecule has 0 spiro atoms. The lowest BCUT2D eigenvalue weighted by Crippen LogP contribution is -2.27. The van der Waals surface area contributed by atoms with E-state index in [2.05, 4.69) is 29.0 Å². The summed E-state index contributed by atoms with van der Waals surface area (Å²) >= 11 is 0. The molecule has 0 amide bonds. The Morgan fingerprint density at radius 3 is 2.65 bits per heavy atom. The number of hydrogen-bond donors (Lipinski definition) is 2. The average Bonchev–Trinajstić information content (AvgIpc) is 2.65. The Hall–Kier alpha value is -0.950. The second-order valence-electron chi connectivity index (χ2n) is 5.34. The van der Waals surface area contributed by atoms with Crippen molar-refractivity contribution in [2.75, 3.05) is 0 Å². The maximum atomic E-state index is 11.1. The van der Waals surface area contributed by atoms with Gasteiger partial charge in [-0.2, -0.15) is 0 Å². The molecule has 1 heterocycles. The Bertz CT molecular complexity index is 506. The van der Waals surface area contributed by atoms with Crippen molar-refractivity contribution in [1.82, 2.24) is 15.2 Å². The molecule has 0 radical (unpaired) electrons. The summed E-state index contributed by atoms with van der Waals surface area (Å²) in [6.45, 7) is 4.35. The normalized spacial score (nSPS) is 24.8. The molecule has 3 N–H and O–H groups in total. The lowest BCUT2D eigenvalue weighted by molar-refractivity contribution is 0.192. The summed E-state index contributed by atoms with van der Waals surface area (Å²) in [7, 11) is -3.81. The highest BCUT2D eigenvalue weighted by atomic mass is 32.2. The van der Waals surface area contributed by atoms with Crippen molar-refractivity contribution < 1.29 is 8.42 Å². The van der Waals surface area contributed by atoms with Gasteiger partial charge in [0, 0.05) is 5.92 Å². The number of aromatic amines is 1. The van der Waals surface area contributed by atoms with E-state index in [-0.39, 0.29) is 16.5 Å². The third-order valence-electron chi connectivity index (χ3n) is 3.57. The Morgan fingerprint density at radius 2 is 2.12 bits per heavy atom. The van der Waals surface area contributed by atoms with Crippen LogP contribution in [0.25, 0.3) is 0 Å². The Kier molecular flexibility index (Phi) is 2.99. The molecule has 2 rings (SSSR count). The van der Waals surface area contributed by atoms with E-state index in [1.165, 1.54) is 6.42 Å². The van der Waals surface area contributed by atoms with Crippen LogP contribution in [0.4, 0.5) is 0 Å². The minimum absolute atomic E-state index is 0.118. The zero-order chi connectivity index (χ0) is 12.7. The first-order valence-electron chi connectivity index (χ1n) is 5.76. The van der Waals surface area contributed by atoms with Gasteiger partial charge in [-0.3, -0.25) is 5.10 Å². The van der Waals surface area contributed by atoms with Gasteiger partial charge >= 0.3 is 0 Å². The van der Waals surface area contributed by atoms with Crippen LogP contribution in [0.3, 0.4) is 0 Å². The number of nitrogens with one attached hydrogen (secondary N) is 1. The molecule has 1 saturated carbocycles. The third-order valence-corrected chi connectivity index (χ3v) is 4.27. The van der Waals surface area contributed by atoms with Crippen LogP contribution in [-0.4, -0.2) is 23.6 Å². The molecule has 0 saturated heterocycles. The zero-order valence-electron chi connectivity index (χ0n) is 10.1. The lowest BCUT2D eigenvalue weighted by Gasteiger charge is -2.37. The predicted octanol–water partition coefficient (Wildman–Crippen LogP) is 1.14. The van der Waals surface area contributed by atoms with Gasteiger partial charge in [0.2, 0.25) is 0 Å². The van der Waals surface area contributed by atoms with Crippen LogP contribution < -0.4 is 5.14 Å². The van der Waals surface area contributed by atoms with Gasteiger partial charge in [-0.25, -0.2) is 18.5 Å². The summed E-state index contributed by atoms with van der Waals surface area (Å²) in [6, 6.07) is 0. The number of nitrogens with zero attached hydrogens (tertiary/aromatic N) is 2. The van der Waals surface area contributed by atoms with E-state index in [4.69, 9.17) is 5.14 Å². The van der Waals surface area contributed by atoms with Crippen molar-refractivity contribution in [3.8, 4) is 0 Å². The smallest absolute Gasteiger partial charge is 0.262 e. The lowest BCUT2D eigenvalue weighted by atomic mass is 9.68. The largest absolute Gasteiger partial charge is 0.282 e. The molecule has 1 atom stereocenters. The van der Waals surface area contributed by atoms with E-state index in [9.17, 15) is 8.42 Å². The fraction of sp³-hybridized carbons (Fsp3) is 0.800. The molecule has 6 nitrogen and oxygen atoms in total. The first-order valence-corrected chi connectivity index (χ1v) is 7.30. The number of sulfonamides is 1. The first-order chi connectivity index (χ1) is 7.81. The molecule has 96 valence electrons. The summed E-state index contributed by atoms with van der Waals surface area (Å²) in [4.78, 5) is 4.02. The quantitative estimate of drug-likeness (QED) is 0.830. The van der Waals surface area contributed by atoms with E-state index in [1.54, 1.807) is 0 Å². The summed E-state index contributed by atoms with van der Waals surface area (Å²) in [5.41, 5.74) is 0.118. The van der Waals surface area contributed by atoms with Gasteiger partial charge in [0.25, 0.3) is 15.2 Å². The zero-order valence-corrected chi connectivity index (χ0v) is 10.9. The molecule has 1 fully saturated rings. The molecule has 0 bridgehead atoms. The van der Waals surface area contributed by atoms with Crippen LogP contribution in [0.5, 0.6) is 0 Å². The maximum Gasteiger partial charge on any atom is 0.282 e. The van der Waals surface area contributed by atoms with Gasteiger partial charge in [-0.1, -0.05) is 26.7 Å². The second-order valence-corrected chi connectivity index (χ2v) is 6.79. The number of nitrogens with two attached hydrogens (primary N) is 1. The molecule has 1 aromatic heterocycles. The van der Waals surface area contributed by atoms with Gasteiger partial charge in [0.1, 0.15) is 5.82 Å².